The fourth-order valence-corrected chi connectivity index (χ4v) is 2.82. The summed E-state index contributed by atoms with van der Waals surface area (Å²) in [6.45, 7) is 8.09. The van der Waals surface area contributed by atoms with E-state index in [2.05, 4.69) is 26.7 Å². The van der Waals surface area contributed by atoms with Crippen LogP contribution in [0.1, 0.15) is 19.2 Å². The quantitative estimate of drug-likeness (QED) is 0.927. The van der Waals surface area contributed by atoms with Crippen molar-refractivity contribution in [3.05, 3.63) is 29.8 Å². The number of aryl methyl sites for hydroxylation is 1. The van der Waals surface area contributed by atoms with E-state index in [0.717, 1.165) is 62.5 Å². The van der Waals surface area contributed by atoms with Crippen molar-refractivity contribution in [2.24, 2.45) is 0 Å². The van der Waals surface area contributed by atoms with Gasteiger partial charge in [0.1, 0.15) is 11.6 Å². The minimum Gasteiger partial charge on any atom is -0.327 e. The van der Waals surface area contributed by atoms with Gasteiger partial charge in [-0.25, -0.2) is 9.37 Å². The fraction of sp³-hybridized carbons (Fsp3) is 0.533. The molecule has 1 aromatic carbocycles. The summed E-state index contributed by atoms with van der Waals surface area (Å²) in [6, 6.07) is 4.89. The standard InChI is InChI=1S/C15H21FN4/c1-2-7-20-14-4-3-12(16)10-13(14)18-15(20)11-19-8-5-17-6-9-19/h3-4,10,17H,2,5-9,11H2,1H3. The highest BCUT2D eigenvalue weighted by molar-refractivity contribution is 5.76. The number of halogens is 1. The second kappa shape index (κ2) is 5.89. The highest BCUT2D eigenvalue weighted by Crippen LogP contribution is 2.19. The zero-order chi connectivity index (χ0) is 13.9. The highest BCUT2D eigenvalue weighted by Gasteiger charge is 2.16. The molecule has 0 bridgehead atoms. The highest BCUT2D eigenvalue weighted by atomic mass is 19.1. The van der Waals surface area contributed by atoms with Crippen molar-refractivity contribution >= 4 is 11.0 Å². The molecule has 0 unspecified atom stereocenters. The molecule has 1 saturated heterocycles. The first kappa shape index (κ1) is 13.5. The summed E-state index contributed by atoms with van der Waals surface area (Å²) in [4.78, 5) is 7.05. The largest absolute Gasteiger partial charge is 0.327 e. The van der Waals surface area contributed by atoms with Crippen LogP contribution in [-0.4, -0.2) is 40.6 Å². The molecule has 0 aliphatic carbocycles. The predicted molar refractivity (Wildman–Crippen MR) is 78.1 cm³/mol. The number of hydrogen-bond donors (Lipinski definition) is 1. The number of rotatable bonds is 4. The Hall–Kier alpha value is -1.46. The maximum Gasteiger partial charge on any atom is 0.125 e. The number of hydrogen-bond acceptors (Lipinski definition) is 3. The Bertz CT molecular complexity index is 587. The maximum atomic E-state index is 13.4. The van der Waals surface area contributed by atoms with Gasteiger partial charge in [-0.15, -0.1) is 0 Å². The molecule has 1 aromatic heterocycles. The Morgan fingerprint density at radius 3 is 2.85 bits per heavy atom. The van der Waals surface area contributed by atoms with Crippen LogP contribution >= 0.6 is 0 Å². The average molecular weight is 276 g/mol. The van der Waals surface area contributed by atoms with E-state index >= 15 is 0 Å². The van der Waals surface area contributed by atoms with Crippen LogP contribution < -0.4 is 5.32 Å². The second-order valence-electron chi connectivity index (χ2n) is 5.34. The molecular formula is C15H21FN4. The van der Waals surface area contributed by atoms with Gasteiger partial charge in [0.15, 0.2) is 0 Å². The third-order valence-corrected chi connectivity index (χ3v) is 3.81. The van der Waals surface area contributed by atoms with Crippen LogP contribution in [0.5, 0.6) is 0 Å². The van der Waals surface area contributed by atoms with Crippen molar-refractivity contribution < 1.29 is 4.39 Å². The topological polar surface area (TPSA) is 33.1 Å². The predicted octanol–water partition coefficient (Wildman–Crippen LogP) is 1.99. The average Bonchev–Trinajstić information content (AvgIpc) is 2.77. The van der Waals surface area contributed by atoms with E-state index in [1.165, 1.54) is 12.1 Å². The molecule has 0 radical (unpaired) electrons. The lowest BCUT2D eigenvalue weighted by atomic mass is 10.3. The van der Waals surface area contributed by atoms with E-state index in [-0.39, 0.29) is 5.82 Å². The van der Waals surface area contributed by atoms with Crippen LogP contribution in [0.4, 0.5) is 4.39 Å². The lowest BCUT2D eigenvalue weighted by Crippen LogP contribution is -2.43. The Balaban J connectivity index is 1.93. The van der Waals surface area contributed by atoms with Crippen LogP contribution in [0.3, 0.4) is 0 Å². The Kier molecular flexibility index (Phi) is 3.98. The first-order valence-corrected chi connectivity index (χ1v) is 7.35. The first-order valence-electron chi connectivity index (χ1n) is 7.35. The zero-order valence-electron chi connectivity index (χ0n) is 11.9. The summed E-state index contributed by atoms with van der Waals surface area (Å²) in [5.41, 5.74) is 1.81. The Morgan fingerprint density at radius 2 is 2.10 bits per heavy atom. The Labute approximate surface area is 118 Å². The lowest BCUT2D eigenvalue weighted by molar-refractivity contribution is 0.225. The van der Waals surface area contributed by atoms with Crippen molar-refractivity contribution in [3.8, 4) is 0 Å². The van der Waals surface area contributed by atoms with E-state index in [1.807, 2.05) is 6.07 Å². The second-order valence-corrected chi connectivity index (χ2v) is 5.34. The van der Waals surface area contributed by atoms with E-state index in [0.29, 0.717) is 0 Å². The number of benzene rings is 1. The van der Waals surface area contributed by atoms with Gasteiger partial charge in [-0.2, -0.15) is 0 Å². The molecule has 0 saturated carbocycles. The molecule has 0 amide bonds. The molecule has 0 atom stereocenters. The molecule has 108 valence electrons. The summed E-state index contributed by atoms with van der Waals surface area (Å²) >= 11 is 0. The molecule has 2 aromatic rings. The van der Waals surface area contributed by atoms with Crippen molar-refractivity contribution in [1.82, 2.24) is 19.8 Å². The normalized spacial score (nSPS) is 16.9. The molecule has 5 heteroatoms. The van der Waals surface area contributed by atoms with Crippen LogP contribution in [0.25, 0.3) is 11.0 Å². The van der Waals surface area contributed by atoms with Crippen LogP contribution in [-0.2, 0) is 13.1 Å². The minimum atomic E-state index is -0.215. The summed E-state index contributed by atoms with van der Waals surface area (Å²) < 4.78 is 15.6. The maximum absolute atomic E-state index is 13.4. The molecule has 3 rings (SSSR count). The number of fused-ring (bicyclic) bond motifs is 1. The van der Waals surface area contributed by atoms with Gasteiger partial charge in [0.05, 0.1) is 17.6 Å². The van der Waals surface area contributed by atoms with Gasteiger partial charge in [-0.3, -0.25) is 4.90 Å². The molecular weight excluding hydrogens is 255 g/mol. The summed E-state index contributed by atoms with van der Waals surface area (Å²) in [7, 11) is 0. The molecule has 0 spiro atoms. The molecule has 1 N–H and O–H groups in total. The van der Waals surface area contributed by atoms with Crippen molar-refractivity contribution in [3.63, 3.8) is 0 Å². The molecule has 20 heavy (non-hydrogen) atoms. The van der Waals surface area contributed by atoms with Crippen molar-refractivity contribution in [1.29, 1.82) is 0 Å². The van der Waals surface area contributed by atoms with Crippen molar-refractivity contribution in [2.45, 2.75) is 26.4 Å². The van der Waals surface area contributed by atoms with Gasteiger partial charge in [0.2, 0.25) is 0 Å². The fourth-order valence-electron chi connectivity index (χ4n) is 2.82. The van der Waals surface area contributed by atoms with Gasteiger partial charge in [-0.05, 0) is 18.6 Å². The van der Waals surface area contributed by atoms with Crippen LogP contribution in [0, 0.1) is 5.82 Å². The van der Waals surface area contributed by atoms with E-state index < -0.39 is 0 Å². The number of imidazole rings is 1. The summed E-state index contributed by atoms with van der Waals surface area (Å²) in [5, 5.41) is 3.36. The Morgan fingerprint density at radius 1 is 1.30 bits per heavy atom. The van der Waals surface area contributed by atoms with Gasteiger partial charge in [-0.1, -0.05) is 6.92 Å². The summed E-state index contributed by atoms with van der Waals surface area (Å²) in [5.74, 6) is 0.835. The molecule has 1 aliphatic rings. The molecule has 1 aliphatic heterocycles. The number of piperazine rings is 1. The molecule has 1 fully saturated rings. The third kappa shape index (κ3) is 2.69. The van der Waals surface area contributed by atoms with Gasteiger partial charge < -0.3 is 9.88 Å². The monoisotopic (exact) mass is 276 g/mol. The third-order valence-electron chi connectivity index (χ3n) is 3.81. The van der Waals surface area contributed by atoms with Crippen molar-refractivity contribution in [2.75, 3.05) is 26.2 Å². The van der Waals surface area contributed by atoms with Crippen LogP contribution in [0.15, 0.2) is 18.2 Å². The first-order chi connectivity index (χ1) is 9.78. The number of nitrogens with zero attached hydrogens (tertiary/aromatic N) is 3. The van der Waals surface area contributed by atoms with E-state index in [1.54, 1.807) is 0 Å². The minimum absolute atomic E-state index is 0.215. The van der Waals surface area contributed by atoms with Gasteiger partial charge in [0, 0.05) is 38.8 Å². The lowest BCUT2D eigenvalue weighted by Gasteiger charge is -2.27. The number of aromatic nitrogens is 2. The molecule has 4 nitrogen and oxygen atoms in total. The smallest absolute Gasteiger partial charge is 0.125 e. The van der Waals surface area contributed by atoms with E-state index in [9.17, 15) is 4.39 Å². The summed E-state index contributed by atoms with van der Waals surface area (Å²) in [6.07, 6.45) is 1.05. The SMILES string of the molecule is CCCn1c(CN2CCNCC2)nc2cc(F)ccc21. The molecule has 2 heterocycles. The number of nitrogens with one attached hydrogen (secondary N) is 1. The van der Waals surface area contributed by atoms with E-state index in [4.69, 9.17) is 0 Å². The zero-order valence-corrected chi connectivity index (χ0v) is 11.9. The van der Waals surface area contributed by atoms with Crippen LogP contribution in [0.2, 0.25) is 0 Å². The van der Waals surface area contributed by atoms with Gasteiger partial charge >= 0.3 is 0 Å². The van der Waals surface area contributed by atoms with Gasteiger partial charge in [0.25, 0.3) is 0 Å².